The highest BCUT2D eigenvalue weighted by atomic mass is 16.1. The lowest BCUT2D eigenvalue weighted by atomic mass is 9.77. The lowest BCUT2D eigenvalue weighted by Crippen LogP contribution is -2.38. The molecular formula is C17H21NO. The Morgan fingerprint density at radius 3 is 2.84 bits per heavy atom. The van der Waals surface area contributed by atoms with Gasteiger partial charge in [0.25, 0.3) is 0 Å². The fourth-order valence-corrected chi connectivity index (χ4v) is 4.81. The molecule has 3 aliphatic rings. The zero-order chi connectivity index (χ0) is 12.8. The molecule has 2 heteroatoms. The summed E-state index contributed by atoms with van der Waals surface area (Å²) in [5.41, 5.74) is 1.41. The van der Waals surface area contributed by atoms with Gasteiger partial charge in [-0.25, -0.2) is 0 Å². The Balaban J connectivity index is 1.55. The molecule has 19 heavy (non-hydrogen) atoms. The third-order valence-corrected chi connectivity index (χ3v) is 5.51. The van der Waals surface area contributed by atoms with Crippen LogP contribution in [0.3, 0.4) is 0 Å². The monoisotopic (exact) mass is 255 g/mol. The van der Waals surface area contributed by atoms with Gasteiger partial charge >= 0.3 is 0 Å². The Bertz CT molecular complexity index is 483. The zero-order valence-electron chi connectivity index (χ0n) is 11.3. The second-order valence-corrected chi connectivity index (χ2v) is 6.53. The van der Waals surface area contributed by atoms with Crippen molar-refractivity contribution in [2.24, 2.45) is 17.8 Å². The quantitative estimate of drug-likeness (QED) is 0.810. The number of hydrogen-bond donors (Lipinski definition) is 0. The smallest absolute Gasteiger partial charge is 0.136 e. The van der Waals surface area contributed by atoms with Gasteiger partial charge in [0, 0.05) is 31.5 Å². The predicted octanol–water partition coefficient (Wildman–Crippen LogP) is 2.88. The number of benzene rings is 1. The molecule has 4 rings (SSSR count). The maximum atomic E-state index is 12.0. The van der Waals surface area contributed by atoms with Crippen LogP contribution in [0.1, 0.15) is 31.2 Å². The van der Waals surface area contributed by atoms with Crippen molar-refractivity contribution in [3.63, 3.8) is 0 Å². The molecule has 2 saturated carbocycles. The summed E-state index contributed by atoms with van der Waals surface area (Å²) >= 11 is 0. The van der Waals surface area contributed by atoms with E-state index in [4.69, 9.17) is 0 Å². The topological polar surface area (TPSA) is 20.3 Å². The normalized spacial score (nSPS) is 37.6. The molecule has 0 bridgehead atoms. The molecule has 1 heterocycles. The summed E-state index contributed by atoms with van der Waals surface area (Å²) in [5.74, 6) is 2.32. The average Bonchev–Trinajstić information content (AvgIpc) is 2.94. The van der Waals surface area contributed by atoms with E-state index in [1.54, 1.807) is 0 Å². The first-order chi connectivity index (χ1) is 9.33. The Morgan fingerprint density at radius 1 is 1.16 bits per heavy atom. The van der Waals surface area contributed by atoms with Gasteiger partial charge in [0.05, 0.1) is 0 Å². The first-order valence-electron chi connectivity index (χ1n) is 7.63. The van der Waals surface area contributed by atoms with E-state index in [0.29, 0.717) is 29.6 Å². The van der Waals surface area contributed by atoms with Gasteiger partial charge in [0.1, 0.15) is 5.78 Å². The van der Waals surface area contributed by atoms with Gasteiger partial charge in [0.15, 0.2) is 0 Å². The van der Waals surface area contributed by atoms with E-state index in [0.717, 1.165) is 25.9 Å². The van der Waals surface area contributed by atoms with E-state index in [9.17, 15) is 4.79 Å². The highest BCUT2D eigenvalue weighted by molar-refractivity contribution is 5.84. The predicted molar refractivity (Wildman–Crippen MR) is 74.6 cm³/mol. The van der Waals surface area contributed by atoms with Crippen LogP contribution in [0.2, 0.25) is 0 Å². The molecule has 0 N–H and O–H groups in total. The number of rotatable bonds is 2. The number of carbonyl (C=O) groups excluding carboxylic acids is 1. The summed E-state index contributed by atoms with van der Waals surface area (Å²) in [6.07, 6.45) is 4.57. The van der Waals surface area contributed by atoms with Crippen LogP contribution < -0.4 is 0 Å². The number of hydrogen-bond acceptors (Lipinski definition) is 2. The van der Waals surface area contributed by atoms with E-state index in [2.05, 4.69) is 35.2 Å². The van der Waals surface area contributed by atoms with Crippen LogP contribution in [0, 0.1) is 17.8 Å². The minimum Gasteiger partial charge on any atom is -0.299 e. The summed E-state index contributed by atoms with van der Waals surface area (Å²) in [6.45, 7) is 2.21. The first-order valence-corrected chi connectivity index (χ1v) is 7.63. The third kappa shape index (κ3) is 1.85. The molecule has 2 aliphatic carbocycles. The molecule has 1 saturated heterocycles. The van der Waals surface area contributed by atoms with Crippen molar-refractivity contribution in [3.05, 3.63) is 35.9 Å². The Morgan fingerprint density at radius 2 is 2.00 bits per heavy atom. The molecule has 1 aliphatic heterocycles. The minimum absolute atomic E-state index is 0.407. The molecule has 0 amide bonds. The SMILES string of the molecule is O=C1C[C@@H]2CN(Cc3ccccc3)[C@@H]3CCC[C@H]1[C@H]23. The van der Waals surface area contributed by atoms with Crippen LogP contribution in [0.15, 0.2) is 30.3 Å². The van der Waals surface area contributed by atoms with Crippen LogP contribution in [0.5, 0.6) is 0 Å². The molecule has 0 spiro atoms. The molecule has 1 aromatic carbocycles. The van der Waals surface area contributed by atoms with Crippen LogP contribution in [0.4, 0.5) is 0 Å². The van der Waals surface area contributed by atoms with Crippen molar-refractivity contribution in [3.8, 4) is 0 Å². The lowest BCUT2D eigenvalue weighted by Gasteiger charge is -2.34. The fraction of sp³-hybridized carbons (Fsp3) is 0.588. The molecule has 0 radical (unpaired) electrons. The zero-order valence-corrected chi connectivity index (χ0v) is 11.3. The number of Topliss-reactive ketones (excluding diaryl/α,β-unsaturated/α-hetero) is 1. The molecule has 1 aromatic rings. The summed E-state index contributed by atoms with van der Waals surface area (Å²) < 4.78 is 0. The summed E-state index contributed by atoms with van der Waals surface area (Å²) in [6, 6.07) is 11.4. The second-order valence-electron chi connectivity index (χ2n) is 6.53. The van der Waals surface area contributed by atoms with Gasteiger partial charge in [-0.1, -0.05) is 36.8 Å². The van der Waals surface area contributed by atoms with Crippen molar-refractivity contribution in [2.75, 3.05) is 6.54 Å². The van der Waals surface area contributed by atoms with Crippen molar-refractivity contribution in [1.82, 2.24) is 4.90 Å². The number of ketones is 1. The third-order valence-electron chi connectivity index (χ3n) is 5.51. The lowest BCUT2D eigenvalue weighted by molar-refractivity contribution is -0.122. The summed E-state index contributed by atoms with van der Waals surface area (Å²) in [4.78, 5) is 14.7. The largest absolute Gasteiger partial charge is 0.299 e. The van der Waals surface area contributed by atoms with Gasteiger partial charge in [-0.15, -0.1) is 0 Å². The van der Waals surface area contributed by atoms with Crippen LogP contribution >= 0.6 is 0 Å². The van der Waals surface area contributed by atoms with Gasteiger partial charge in [-0.3, -0.25) is 9.69 Å². The maximum absolute atomic E-state index is 12.0. The van der Waals surface area contributed by atoms with E-state index in [-0.39, 0.29) is 0 Å². The number of nitrogens with zero attached hydrogens (tertiary/aromatic N) is 1. The number of likely N-dealkylation sites (tertiary alicyclic amines) is 1. The van der Waals surface area contributed by atoms with Crippen LogP contribution in [0.25, 0.3) is 0 Å². The van der Waals surface area contributed by atoms with Gasteiger partial charge < -0.3 is 0 Å². The van der Waals surface area contributed by atoms with E-state index in [1.165, 1.54) is 18.4 Å². The van der Waals surface area contributed by atoms with E-state index < -0.39 is 0 Å². The standard InChI is InChI=1S/C17H21NO/c19-16-9-13-11-18(10-12-5-2-1-3-6-12)15-8-4-7-14(16)17(13)15/h1-3,5-6,13-15,17H,4,7-11H2/t13-,14-,15-,17+/m1/s1. The van der Waals surface area contributed by atoms with Crippen molar-refractivity contribution < 1.29 is 4.79 Å². The van der Waals surface area contributed by atoms with Crippen LogP contribution in [-0.4, -0.2) is 23.3 Å². The molecule has 3 fully saturated rings. The first kappa shape index (κ1) is 11.7. The van der Waals surface area contributed by atoms with Gasteiger partial charge in [0.2, 0.25) is 0 Å². The average molecular weight is 255 g/mol. The molecule has 0 unspecified atom stereocenters. The van der Waals surface area contributed by atoms with E-state index >= 15 is 0 Å². The Kier molecular flexibility index (Phi) is 2.73. The highest BCUT2D eigenvalue weighted by Crippen LogP contribution is 2.50. The number of carbonyl (C=O) groups is 1. The summed E-state index contributed by atoms with van der Waals surface area (Å²) in [5, 5.41) is 0. The van der Waals surface area contributed by atoms with Crippen molar-refractivity contribution in [1.29, 1.82) is 0 Å². The maximum Gasteiger partial charge on any atom is 0.136 e. The van der Waals surface area contributed by atoms with Gasteiger partial charge in [-0.05, 0) is 30.2 Å². The van der Waals surface area contributed by atoms with E-state index in [1.807, 2.05) is 0 Å². The fourth-order valence-electron chi connectivity index (χ4n) is 4.81. The Hall–Kier alpha value is -1.15. The molecular weight excluding hydrogens is 234 g/mol. The van der Waals surface area contributed by atoms with Crippen molar-refractivity contribution in [2.45, 2.75) is 38.3 Å². The van der Waals surface area contributed by atoms with Crippen LogP contribution in [-0.2, 0) is 11.3 Å². The Labute approximate surface area is 114 Å². The minimum atomic E-state index is 0.407. The van der Waals surface area contributed by atoms with Gasteiger partial charge in [-0.2, -0.15) is 0 Å². The molecule has 0 aromatic heterocycles. The second kappa shape index (κ2) is 4.45. The summed E-state index contributed by atoms with van der Waals surface area (Å²) in [7, 11) is 0. The molecule has 2 nitrogen and oxygen atoms in total. The molecule has 4 atom stereocenters. The molecule has 100 valence electrons. The van der Waals surface area contributed by atoms with Crippen molar-refractivity contribution >= 4 is 5.78 Å². The highest BCUT2D eigenvalue weighted by Gasteiger charge is 2.53.